The Hall–Kier alpha value is -4.70. The molecule has 10 nitrogen and oxygen atoms in total. The minimum absolute atomic E-state index is 0.0662. The summed E-state index contributed by atoms with van der Waals surface area (Å²) in [5, 5.41) is 12.9. The van der Waals surface area contributed by atoms with Gasteiger partial charge in [0, 0.05) is 13.1 Å². The highest BCUT2D eigenvalue weighted by atomic mass is 16.5. The number of carbonyl (C=O) groups excluding carboxylic acids is 2. The Morgan fingerprint density at radius 3 is 2.10 bits per heavy atom. The summed E-state index contributed by atoms with van der Waals surface area (Å²) in [5.41, 5.74) is 13.0. The number of methoxy groups -OCH3 is 1. The van der Waals surface area contributed by atoms with Crippen LogP contribution in [-0.2, 0) is 20.9 Å². The highest BCUT2D eigenvalue weighted by Crippen LogP contribution is 2.27. The number of hydrogen-bond acceptors (Lipinski definition) is 6. The summed E-state index contributed by atoms with van der Waals surface area (Å²) in [4.78, 5) is 44.7. The van der Waals surface area contributed by atoms with Crippen molar-refractivity contribution in [3.05, 3.63) is 102 Å². The van der Waals surface area contributed by atoms with E-state index < -0.39 is 36.3 Å². The van der Waals surface area contributed by atoms with Crippen LogP contribution in [0.25, 0.3) is 0 Å². The van der Waals surface area contributed by atoms with Gasteiger partial charge < -0.3 is 26.6 Å². The fourth-order valence-electron chi connectivity index (χ4n) is 4.35. The summed E-state index contributed by atoms with van der Waals surface area (Å²) < 4.78 is 5.28. The van der Waals surface area contributed by atoms with Gasteiger partial charge in [-0.15, -0.1) is 0 Å². The minimum Gasteiger partial charge on any atom is -0.497 e. The first-order valence-corrected chi connectivity index (χ1v) is 12.9. The van der Waals surface area contributed by atoms with Crippen molar-refractivity contribution < 1.29 is 24.2 Å². The lowest BCUT2D eigenvalue weighted by Gasteiger charge is -2.29. The van der Waals surface area contributed by atoms with Crippen LogP contribution in [0.3, 0.4) is 0 Å². The average Bonchev–Trinajstić information content (AvgIpc) is 2.96. The molecule has 0 radical (unpaired) electrons. The monoisotopic (exact) mass is 545 g/mol. The van der Waals surface area contributed by atoms with Gasteiger partial charge in [-0.05, 0) is 41.7 Å². The summed E-state index contributed by atoms with van der Waals surface area (Å²) in [6.45, 7) is -0.221. The molecule has 0 saturated heterocycles. The summed E-state index contributed by atoms with van der Waals surface area (Å²) >= 11 is 0. The maximum Gasteiger partial charge on any atom is 0.323 e. The van der Waals surface area contributed by atoms with Gasteiger partial charge >= 0.3 is 5.97 Å². The molecule has 0 bridgehead atoms. The standard InChI is InChI=1S/C30H35N5O5/c1-40-24-15-8-10-21(18-24)19-34-25(16-9-17-33-30(31)32)28(38)35(20-26(36)37)29(39)27(22-11-4-2-5-12-22)23-13-6-3-7-14-23/h2-8,10-15,18,25,27,34H,9,16-17,19-20H2,1H3,(H,36,37)(H4,31,32,33)/t25-/m0/s1. The topological polar surface area (TPSA) is 160 Å². The van der Waals surface area contributed by atoms with Gasteiger partial charge in [-0.25, -0.2) is 0 Å². The zero-order chi connectivity index (χ0) is 28.9. The first-order valence-electron chi connectivity index (χ1n) is 12.9. The van der Waals surface area contributed by atoms with Gasteiger partial charge in [0.15, 0.2) is 5.96 Å². The van der Waals surface area contributed by atoms with E-state index in [2.05, 4.69) is 10.3 Å². The molecule has 3 aromatic carbocycles. The smallest absolute Gasteiger partial charge is 0.323 e. The van der Waals surface area contributed by atoms with E-state index in [4.69, 9.17) is 16.2 Å². The molecule has 10 heteroatoms. The number of ether oxygens (including phenoxy) is 1. The van der Waals surface area contributed by atoms with Crippen molar-refractivity contribution in [1.29, 1.82) is 0 Å². The molecule has 0 aromatic heterocycles. The number of carbonyl (C=O) groups is 3. The maximum absolute atomic E-state index is 14.0. The Morgan fingerprint density at radius 2 is 1.55 bits per heavy atom. The van der Waals surface area contributed by atoms with Gasteiger partial charge in [-0.1, -0.05) is 72.8 Å². The number of benzene rings is 3. The lowest BCUT2D eigenvalue weighted by atomic mass is 9.89. The second kappa shape index (κ2) is 15.0. The number of rotatable bonds is 14. The molecular formula is C30H35N5O5. The summed E-state index contributed by atoms with van der Waals surface area (Å²) in [6.07, 6.45) is 0.694. The van der Waals surface area contributed by atoms with Crippen LogP contribution < -0.4 is 21.5 Å². The molecule has 0 aliphatic carbocycles. The van der Waals surface area contributed by atoms with Gasteiger partial charge in [-0.2, -0.15) is 0 Å². The molecule has 2 amide bonds. The maximum atomic E-state index is 14.0. The van der Waals surface area contributed by atoms with E-state index in [0.717, 1.165) is 10.5 Å². The zero-order valence-electron chi connectivity index (χ0n) is 22.4. The van der Waals surface area contributed by atoms with Gasteiger partial charge in [0.2, 0.25) is 11.8 Å². The SMILES string of the molecule is COc1cccc(CN[C@@H](CCCN=C(N)N)C(=O)N(CC(=O)O)C(=O)C(c2ccccc2)c2ccccc2)c1. The number of carboxylic acids is 1. The first-order chi connectivity index (χ1) is 19.3. The molecule has 6 N–H and O–H groups in total. The first kappa shape index (κ1) is 29.9. The number of imide groups is 1. The van der Waals surface area contributed by atoms with Gasteiger partial charge in [0.05, 0.1) is 19.1 Å². The van der Waals surface area contributed by atoms with Crippen molar-refractivity contribution >= 4 is 23.7 Å². The van der Waals surface area contributed by atoms with E-state index >= 15 is 0 Å². The average molecular weight is 546 g/mol. The number of hydrogen-bond donors (Lipinski definition) is 4. The number of nitrogens with zero attached hydrogens (tertiary/aromatic N) is 2. The van der Waals surface area contributed by atoms with Gasteiger partial charge in [0.25, 0.3) is 0 Å². The van der Waals surface area contributed by atoms with Crippen LogP contribution in [0.5, 0.6) is 5.75 Å². The van der Waals surface area contributed by atoms with Crippen molar-refractivity contribution in [3.63, 3.8) is 0 Å². The van der Waals surface area contributed by atoms with E-state index in [1.807, 2.05) is 36.4 Å². The Kier molecular flexibility index (Phi) is 11.2. The number of carboxylic acid groups (broad SMARTS) is 1. The third kappa shape index (κ3) is 8.67. The fraction of sp³-hybridized carbons (Fsp3) is 0.267. The molecule has 1 atom stereocenters. The third-order valence-electron chi connectivity index (χ3n) is 6.27. The second-order valence-corrected chi connectivity index (χ2v) is 9.14. The minimum atomic E-state index is -1.30. The molecular weight excluding hydrogens is 510 g/mol. The van der Waals surface area contributed by atoms with Crippen molar-refractivity contribution in [2.24, 2.45) is 16.5 Å². The van der Waals surface area contributed by atoms with Crippen molar-refractivity contribution in [2.45, 2.75) is 31.3 Å². The molecule has 0 unspecified atom stereocenters. The number of guanidine groups is 1. The summed E-state index contributed by atoms with van der Waals surface area (Å²) in [5.74, 6) is -2.84. The normalized spacial score (nSPS) is 11.4. The van der Waals surface area contributed by atoms with Crippen molar-refractivity contribution in [3.8, 4) is 5.75 Å². The predicted octanol–water partition coefficient (Wildman–Crippen LogP) is 2.48. The Morgan fingerprint density at radius 1 is 0.925 bits per heavy atom. The molecule has 0 spiro atoms. The van der Waals surface area contributed by atoms with Crippen LogP contribution in [0.1, 0.15) is 35.4 Å². The second-order valence-electron chi connectivity index (χ2n) is 9.14. The van der Waals surface area contributed by atoms with Gasteiger partial charge in [0.1, 0.15) is 12.3 Å². The van der Waals surface area contributed by atoms with E-state index in [0.29, 0.717) is 23.3 Å². The number of nitrogens with one attached hydrogen (secondary N) is 1. The lowest BCUT2D eigenvalue weighted by molar-refractivity contribution is -0.154. The van der Waals surface area contributed by atoms with E-state index in [9.17, 15) is 19.5 Å². The molecule has 0 fully saturated rings. The summed E-state index contributed by atoms with van der Waals surface area (Å²) in [7, 11) is 1.56. The Labute approximate surface area is 233 Å². The van der Waals surface area contributed by atoms with E-state index in [1.165, 1.54) is 0 Å². The molecule has 0 aliphatic heterocycles. The van der Waals surface area contributed by atoms with Crippen LogP contribution in [-0.4, -0.2) is 60.0 Å². The van der Waals surface area contributed by atoms with Crippen LogP contribution in [0.2, 0.25) is 0 Å². The zero-order valence-corrected chi connectivity index (χ0v) is 22.4. The van der Waals surface area contributed by atoms with Crippen LogP contribution in [0.15, 0.2) is 89.9 Å². The fourth-order valence-corrected chi connectivity index (χ4v) is 4.35. The number of amides is 2. The van der Waals surface area contributed by atoms with Crippen LogP contribution >= 0.6 is 0 Å². The van der Waals surface area contributed by atoms with Gasteiger partial charge in [-0.3, -0.25) is 24.3 Å². The molecule has 210 valence electrons. The molecule has 3 aromatic rings. The Bertz CT molecular complexity index is 1260. The highest BCUT2D eigenvalue weighted by molar-refractivity contribution is 6.04. The van der Waals surface area contributed by atoms with Crippen molar-refractivity contribution in [1.82, 2.24) is 10.2 Å². The number of nitrogens with two attached hydrogens (primary N) is 2. The highest BCUT2D eigenvalue weighted by Gasteiger charge is 2.35. The molecule has 40 heavy (non-hydrogen) atoms. The quantitative estimate of drug-likeness (QED) is 0.137. The molecule has 3 rings (SSSR count). The molecule has 0 aliphatic rings. The van der Waals surface area contributed by atoms with E-state index in [-0.39, 0.29) is 25.5 Å². The summed E-state index contributed by atoms with van der Waals surface area (Å²) in [6, 6.07) is 24.4. The lowest BCUT2D eigenvalue weighted by Crippen LogP contribution is -2.52. The third-order valence-corrected chi connectivity index (χ3v) is 6.27. The largest absolute Gasteiger partial charge is 0.497 e. The number of aliphatic imine (C=N–C) groups is 1. The van der Waals surface area contributed by atoms with Crippen LogP contribution in [0, 0.1) is 0 Å². The Balaban J connectivity index is 1.93. The molecule has 0 saturated carbocycles. The van der Waals surface area contributed by atoms with E-state index in [1.54, 1.807) is 55.6 Å². The van der Waals surface area contributed by atoms with Crippen LogP contribution in [0.4, 0.5) is 0 Å². The predicted molar refractivity (Wildman–Crippen MR) is 153 cm³/mol. The molecule has 0 heterocycles. The van der Waals surface area contributed by atoms with Crippen molar-refractivity contribution in [2.75, 3.05) is 20.2 Å². The number of aliphatic carboxylic acids is 1.